The Morgan fingerprint density at radius 2 is 1.50 bits per heavy atom. The van der Waals surface area contributed by atoms with Gasteiger partial charge in [0.25, 0.3) is 0 Å². The Hall–Kier alpha value is -3.13. The number of anilines is 2. The fourth-order valence-electron chi connectivity index (χ4n) is 5.74. The summed E-state index contributed by atoms with van der Waals surface area (Å²) in [6.07, 6.45) is 18.1. The molecule has 0 aliphatic carbocycles. The van der Waals surface area contributed by atoms with Crippen LogP contribution < -0.4 is 20.6 Å². The molecule has 0 radical (unpaired) electrons. The first-order valence-electron chi connectivity index (χ1n) is 16.8. The molecule has 0 aliphatic heterocycles. The van der Waals surface area contributed by atoms with E-state index in [-0.39, 0.29) is 5.41 Å². The number of ether oxygens (including phenoxy) is 1. The molecule has 0 bridgehead atoms. The Kier molecular flexibility index (Phi) is 12.5. The van der Waals surface area contributed by atoms with Crippen molar-refractivity contribution < 1.29 is 4.74 Å². The minimum atomic E-state index is -0.175. The van der Waals surface area contributed by atoms with Gasteiger partial charge in [0.15, 0.2) is 11.5 Å². The van der Waals surface area contributed by atoms with Gasteiger partial charge >= 0.3 is 0 Å². The van der Waals surface area contributed by atoms with Crippen molar-refractivity contribution in [3.05, 3.63) is 46.1 Å². The molecule has 4 rings (SSSR count). The van der Waals surface area contributed by atoms with E-state index in [2.05, 4.69) is 67.9 Å². The standard InChI is InChI=1S/C36H54N6OS/c1-7-9-11-13-15-17-23-41(24-18-16-14-12-10-8-2)32-22-20-28(44-32)26-30-33(36(3,4)5)40-42-34(38-39-35(30)42)29-25-27(43-6)19-21-31(29)37/h19-22,25-26H,7-18,23-24,37H2,1-6H3/b30-26-. The van der Waals surface area contributed by atoms with E-state index < -0.39 is 0 Å². The molecule has 3 aromatic heterocycles. The van der Waals surface area contributed by atoms with Gasteiger partial charge in [0.2, 0.25) is 0 Å². The number of hydrogen-bond donors (Lipinski definition) is 1. The summed E-state index contributed by atoms with van der Waals surface area (Å²) in [5, 5.41) is 16.6. The monoisotopic (exact) mass is 618 g/mol. The number of nitrogens with zero attached hydrogens (tertiary/aromatic N) is 5. The average molecular weight is 619 g/mol. The van der Waals surface area contributed by atoms with Crippen LogP contribution >= 0.6 is 11.3 Å². The summed E-state index contributed by atoms with van der Waals surface area (Å²) in [5.41, 5.74) is 9.31. The lowest BCUT2D eigenvalue weighted by molar-refractivity contribution is 0.415. The summed E-state index contributed by atoms with van der Waals surface area (Å²) in [6.45, 7) is 13.4. The molecule has 0 fully saturated rings. The lowest BCUT2D eigenvalue weighted by atomic mass is 9.91. The number of methoxy groups -OCH3 is 1. The van der Waals surface area contributed by atoms with Gasteiger partial charge in [-0.05, 0) is 49.2 Å². The zero-order chi connectivity index (χ0) is 31.5. The highest BCUT2D eigenvalue weighted by Crippen LogP contribution is 2.31. The van der Waals surface area contributed by atoms with Crippen LogP contribution in [0, 0.1) is 0 Å². The summed E-state index contributed by atoms with van der Waals surface area (Å²) >= 11 is 1.87. The molecular weight excluding hydrogens is 565 g/mol. The molecule has 44 heavy (non-hydrogen) atoms. The van der Waals surface area contributed by atoms with Crippen LogP contribution in [-0.4, -0.2) is 40.0 Å². The van der Waals surface area contributed by atoms with Gasteiger partial charge in [0.05, 0.1) is 17.8 Å². The van der Waals surface area contributed by atoms with Crippen molar-refractivity contribution in [1.29, 1.82) is 0 Å². The Labute approximate surface area is 268 Å². The zero-order valence-corrected chi connectivity index (χ0v) is 28.8. The molecule has 0 saturated heterocycles. The van der Waals surface area contributed by atoms with Crippen LogP contribution in [0.5, 0.6) is 5.75 Å². The Morgan fingerprint density at radius 1 is 0.864 bits per heavy atom. The van der Waals surface area contributed by atoms with Gasteiger partial charge in [-0.15, -0.1) is 21.5 Å². The molecule has 0 amide bonds. The van der Waals surface area contributed by atoms with E-state index in [9.17, 15) is 0 Å². The van der Waals surface area contributed by atoms with E-state index in [1.807, 2.05) is 34.1 Å². The smallest absolute Gasteiger partial charge is 0.187 e. The van der Waals surface area contributed by atoms with Gasteiger partial charge in [0, 0.05) is 39.9 Å². The molecule has 0 atom stereocenters. The largest absolute Gasteiger partial charge is 0.497 e. The number of hydrogen-bond acceptors (Lipinski definition) is 7. The van der Waals surface area contributed by atoms with Crippen LogP contribution in [0.3, 0.4) is 0 Å². The molecule has 4 aromatic rings. The van der Waals surface area contributed by atoms with Crippen LogP contribution in [-0.2, 0) is 5.41 Å². The number of aromatic nitrogens is 4. The highest BCUT2D eigenvalue weighted by atomic mass is 32.1. The predicted molar refractivity (Wildman–Crippen MR) is 188 cm³/mol. The second-order valence-corrected chi connectivity index (χ2v) is 14.2. The van der Waals surface area contributed by atoms with Gasteiger partial charge < -0.3 is 15.4 Å². The molecule has 7 nitrogen and oxygen atoms in total. The lowest BCUT2D eigenvalue weighted by Crippen LogP contribution is -2.24. The van der Waals surface area contributed by atoms with Crippen molar-refractivity contribution in [2.24, 2.45) is 0 Å². The summed E-state index contributed by atoms with van der Waals surface area (Å²) in [4.78, 5) is 3.84. The van der Waals surface area contributed by atoms with E-state index in [1.54, 1.807) is 7.11 Å². The number of fused-ring (bicyclic) bond motifs is 1. The molecule has 240 valence electrons. The SMILES string of the molecule is CCCCCCCCN(CCCCCCCC)c1ccc(/C=c2/c(C(C)(C)C)nn3c(-c4cc(OC)ccc4N)nnc23)s1. The second kappa shape index (κ2) is 16.3. The van der Waals surface area contributed by atoms with Crippen LogP contribution in [0.1, 0.15) is 122 Å². The van der Waals surface area contributed by atoms with Crippen LogP contribution in [0.25, 0.3) is 23.1 Å². The maximum atomic E-state index is 6.37. The van der Waals surface area contributed by atoms with Crippen molar-refractivity contribution in [1.82, 2.24) is 19.8 Å². The molecule has 0 spiro atoms. The Balaban J connectivity index is 1.62. The first-order chi connectivity index (χ1) is 21.3. The normalized spacial score (nSPS) is 12.5. The summed E-state index contributed by atoms with van der Waals surface area (Å²) < 4.78 is 7.30. The molecule has 2 N–H and O–H groups in total. The number of nitrogen functional groups attached to an aromatic ring is 1. The Morgan fingerprint density at radius 3 is 2.11 bits per heavy atom. The third-order valence-electron chi connectivity index (χ3n) is 8.32. The van der Waals surface area contributed by atoms with Crippen LogP contribution in [0.2, 0.25) is 0 Å². The molecule has 8 heteroatoms. The number of nitrogens with two attached hydrogens (primary N) is 1. The molecule has 0 saturated carbocycles. The third kappa shape index (κ3) is 8.74. The summed E-state index contributed by atoms with van der Waals surface area (Å²) in [5.74, 6) is 1.34. The second-order valence-electron chi connectivity index (χ2n) is 13.1. The van der Waals surface area contributed by atoms with E-state index >= 15 is 0 Å². The fourth-order valence-corrected chi connectivity index (χ4v) is 6.75. The highest BCUT2D eigenvalue weighted by Gasteiger charge is 2.25. The Bertz CT molecular complexity index is 1480. The number of rotatable bonds is 18. The third-order valence-corrected chi connectivity index (χ3v) is 9.42. The quantitative estimate of drug-likeness (QED) is 0.0886. The van der Waals surface area contributed by atoms with E-state index in [0.717, 1.165) is 41.0 Å². The van der Waals surface area contributed by atoms with Crippen molar-refractivity contribution in [3.63, 3.8) is 0 Å². The maximum Gasteiger partial charge on any atom is 0.187 e. The molecular formula is C36H54N6OS. The summed E-state index contributed by atoms with van der Waals surface area (Å²) in [6, 6.07) is 10.1. The van der Waals surface area contributed by atoms with Crippen LogP contribution in [0.4, 0.5) is 10.7 Å². The predicted octanol–water partition coefficient (Wildman–Crippen LogP) is 8.82. The van der Waals surface area contributed by atoms with Gasteiger partial charge in [-0.2, -0.15) is 9.61 Å². The fraction of sp³-hybridized carbons (Fsp3) is 0.583. The number of benzene rings is 1. The van der Waals surface area contributed by atoms with Crippen molar-refractivity contribution in [2.75, 3.05) is 30.8 Å². The van der Waals surface area contributed by atoms with Gasteiger partial charge in [0.1, 0.15) is 5.75 Å². The molecule has 3 heterocycles. The maximum absolute atomic E-state index is 6.37. The van der Waals surface area contributed by atoms with Crippen LogP contribution in [0.15, 0.2) is 30.3 Å². The first kappa shape index (κ1) is 33.8. The van der Waals surface area contributed by atoms with Crippen molar-refractivity contribution >= 4 is 33.7 Å². The van der Waals surface area contributed by atoms with Crippen molar-refractivity contribution in [3.8, 4) is 17.1 Å². The molecule has 0 unspecified atom stereocenters. The van der Waals surface area contributed by atoms with Crippen molar-refractivity contribution in [2.45, 2.75) is 117 Å². The van der Waals surface area contributed by atoms with E-state index in [4.69, 9.17) is 15.6 Å². The van der Waals surface area contributed by atoms with E-state index in [0.29, 0.717) is 11.5 Å². The topological polar surface area (TPSA) is 81.6 Å². The van der Waals surface area contributed by atoms with Gasteiger partial charge in [-0.1, -0.05) is 98.8 Å². The summed E-state index contributed by atoms with van der Waals surface area (Å²) in [7, 11) is 1.65. The minimum Gasteiger partial charge on any atom is -0.497 e. The van der Waals surface area contributed by atoms with Gasteiger partial charge in [-0.25, -0.2) is 0 Å². The minimum absolute atomic E-state index is 0.175. The average Bonchev–Trinajstić information content (AvgIpc) is 3.72. The number of thiophene rings is 1. The lowest BCUT2D eigenvalue weighted by Gasteiger charge is -2.23. The molecule has 1 aromatic carbocycles. The highest BCUT2D eigenvalue weighted by molar-refractivity contribution is 7.16. The molecule has 0 aliphatic rings. The first-order valence-corrected chi connectivity index (χ1v) is 17.6. The van der Waals surface area contributed by atoms with Gasteiger partial charge in [-0.3, -0.25) is 0 Å². The van der Waals surface area contributed by atoms with E-state index in [1.165, 1.54) is 86.9 Å². The number of unbranched alkanes of at least 4 members (excludes halogenated alkanes) is 10. The zero-order valence-electron chi connectivity index (χ0n) is 28.0.